The van der Waals surface area contributed by atoms with E-state index in [1.165, 1.54) is 97.0 Å². The van der Waals surface area contributed by atoms with Gasteiger partial charge in [0.2, 0.25) is 0 Å². The molecule has 0 heterocycles. The number of carbonyl (C=O) groups excluding carboxylic acids is 1. The monoisotopic (exact) mass is 388 g/mol. The molecule has 0 saturated heterocycles. The summed E-state index contributed by atoms with van der Waals surface area (Å²) in [5.41, 5.74) is -0.755. The fraction of sp³-hybridized carbons (Fsp3) is 0.955. The summed E-state index contributed by atoms with van der Waals surface area (Å²) in [6.45, 7) is 3.90. The van der Waals surface area contributed by atoms with Crippen molar-refractivity contribution >= 4 is 17.7 Å². The summed E-state index contributed by atoms with van der Waals surface area (Å²) in [5.74, 6) is 1.38. The summed E-state index contributed by atoms with van der Waals surface area (Å²) in [7, 11) is 1.38. The summed E-state index contributed by atoms with van der Waals surface area (Å²) in [5, 5.41) is 9.40. The fourth-order valence-electron chi connectivity index (χ4n) is 3.11. The van der Waals surface area contributed by atoms with Crippen LogP contribution in [0, 0.1) is 5.41 Å². The van der Waals surface area contributed by atoms with E-state index in [0.29, 0.717) is 5.75 Å². The molecular formula is C22H44O3S. The normalized spacial score (nSPS) is 13.5. The highest BCUT2D eigenvalue weighted by Gasteiger charge is 2.33. The minimum Gasteiger partial charge on any atom is -0.469 e. The Labute approximate surface area is 167 Å². The van der Waals surface area contributed by atoms with Gasteiger partial charge in [-0.15, -0.1) is 0 Å². The van der Waals surface area contributed by atoms with Crippen LogP contribution < -0.4 is 0 Å². The number of ether oxygens (including phenoxy) is 1. The Balaban J connectivity index is 3.30. The summed E-state index contributed by atoms with van der Waals surface area (Å²) < 4.78 is 4.77. The van der Waals surface area contributed by atoms with Crippen molar-refractivity contribution in [2.24, 2.45) is 5.41 Å². The van der Waals surface area contributed by atoms with Gasteiger partial charge in [-0.3, -0.25) is 4.79 Å². The van der Waals surface area contributed by atoms with Gasteiger partial charge in [-0.05, 0) is 19.1 Å². The highest BCUT2D eigenvalue weighted by atomic mass is 32.2. The highest BCUT2D eigenvalue weighted by molar-refractivity contribution is 7.99. The second kappa shape index (κ2) is 18.2. The molecule has 0 aliphatic carbocycles. The van der Waals surface area contributed by atoms with E-state index in [1.54, 1.807) is 18.7 Å². The van der Waals surface area contributed by atoms with Crippen LogP contribution in [0.15, 0.2) is 0 Å². The van der Waals surface area contributed by atoms with E-state index < -0.39 is 5.41 Å². The zero-order valence-electron chi connectivity index (χ0n) is 17.7. The maximum atomic E-state index is 11.7. The first kappa shape index (κ1) is 25.8. The maximum absolute atomic E-state index is 11.7. The topological polar surface area (TPSA) is 46.5 Å². The van der Waals surface area contributed by atoms with Crippen molar-refractivity contribution in [2.45, 2.75) is 104 Å². The molecule has 4 heteroatoms. The summed E-state index contributed by atoms with van der Waals surface area (Å²) >= 11 is 1.75. The van der Waals surface area contributed by atoms with Gasteiger partial charge in [-0.2, -0.15) is 11.8 Å². The number of thioether (sulfide) groups is 1. The number of esters is 1. The number of methoxy groups -OCH3 is 1. The lowest BCUT2D eigenvalue weighted by molar-refractivity contribution is -0.152. The third kappa shape index (κ3) is 13.9. The van der Waals surface area contributed by atoms with Crippen molar-refractivity contribution in [1.82, 2.24) is 0 Å². The molecule has 0 aromatic heterocycles. The standard InChI is InChI=1S/C22H44O3S/c1-4-5-6-7-8-9-10-11-12-13-14-15-16-17-18-26-20-22(2,19-23)21(24)25-3/h23H,4-20H2,1-3H3. The summed E-state index contributed by atoms with van der Waals surface area (Å²) in [6, 6.07) is 0. The van der Waals surface area contributed by atoms with Gasteiger partial charge in [0.25, 0.3) is 0 Å². The van der Waals surface area contributed by atoms with Gasteiger partial charge in [-0.25, -0.2) is 0 Å². The van der Waals surface area contributed by atoms with Gasteiger partial charge in [0.15, 0.2) is 0 Å². The van der Waals surface area contributed by atoms with Crippen LogP contribution in [0.25, 0.3) is 0 Å². The van der Waals surface area contributed by atoms with Gasteiger partial charge in [-0.1, -0.05) is 90.4 Å². The maximum Gasteiger partial charge on any atom is 0.314 e. The van der Waals surface area contributed by atoms with Gasteiger partial charge in [0.1, 0.15) is 0 Å². The minimum absolute atomic E-state index is 0.147. The summed E-state index contributed by atoms with van der Waals surface area (Å²) in [6.07, 6.45) is 19.3. The summed E-state index contributed by atoms with van der Waals surface area (Å²) in [4.78, 5) is 11.7. The second-order valence-corrected chi connectivity index (χ2v) is 8.96. The molecule has 3 nitrogen and oxygen atoms in total. The largest absolute Gasteiger partial charge is 0.469 e. The van der Waals surface area contributed by atoms with Crippen LogP contribution in [0.3, 0.4) is 0 Å². The van der Waals surface area contributed by atoms with E-state index >= 15 is 0 Å². The molecule has 0 aliphatic rings. The lowest BCUT2D eigenvalue weighted by atomic mass is 9.95. The first-order valence-corrected chi connectivity index (χ1v) is 12.0. The molecule has 0 rings (SSSR count). The van der Waals surface area contributed by atoms with Gasteiger partial charge < -0.3 is 9.84 Å². The molecule has 0 radical (unpaired) electrons. The highest BCUT2D eigenvalue weighted by Crippen LogP contribution is 2.24. The van der Waals surface area contributed by atoms with Crippen LogP contribution in [0.4, 0.5) is 0 Å². The van der Waals surface area contributed by atoms with Crippen LogP contribution in [0.2, 0.25) is 0 Å². The van der Waals surface area contributed by atoms with E-state index in [4.69, 9.17) is 4.74 Å². The third-order valence-corrected chi connectivity index (χ3v) is 6.51. The van der Waals surface area contributed by atoms with E-state index in [2.05, 4.69) is 6.92 Å². The Bertz CT molecular complexity index is 323. The first-order valence-electron chi connectivity index (χ1n) is 10.9. The average Bonchev–Trinajstić information content (AvgIpc) is 2.66. The van der Waals surface area contributed by atoms with Crippen molar-refractivity contribution < 1.29 is 14.6 Å². The Morgan fingerprint density at radius 3 is 1.65 bits per heavy atom. The number of carbonyl (C=O) groups is 1. The molecule has 0 spiro atoms. The smallest absolute Gasteiger partial charge is 0.314 e. The molecule has 0 fully saturated rings. The van der Waals surface area contributed by atoms with Crippen LogP contribution >= 0.6 is 11.8 Å². The van der Waals surface area contributed by atoms with E-state index in [9.17, 15) is 9.90 Å². The molecule has 0 saturated carbocycles. The minimum atomic E-state index is -0.755. The molecular weight excluding hydrogens is 344 g/mol. The van der Waals surface area contributed by atoms with Crippen molar-refractivity contribution in [3.05, 3.63) is 0 Å². The molecule has 26 heavy (non-hydrogen) atoms. The zero-order chi connectivity index (χ0) is 19.5. The van der Waals surface area contributed by atoms with E-state index in [1.807, 2.05) is 0 Å². The Kier molecular flexibility index (Phi) is 18.0. The quantitative estimate of drug-likeness (QED) is 0.206. The molecule has 0 amide bonds. The number of aliphatic hydroxyl groups is 1. The molecule has 1 unspecified atom stereocenters. The molecule has 0 aromatic rings. The van der Waals surface area contributed by atoms with E-state index in [0.717, 1.165) is 5.75 Å². The number of rotatable bonds is 19. The lowest BCUT2D eigenvalue weighted by Gasteiger charge is -2.23. The van der Waals surface area contributed by atoms with Crippen molar-refractivity contribution in [3.63, 3.8) is 0 Å². The van der Waals surface area contributed by atoms with E-state index in [-0.39, 0.29) is 12.6 Å². The fourth-order valence-corrected chi connectivity index (χ4v) is 4.32. The second-order valence-electron chi connectivity index (χ2n) is 7.86. The lowest BCUT2D eigenvalue weighted by Crippen LogP contribution is -2.35. The zero-order valence-corrected chi connectivity index (χ0v) is 18.5. The third-order valence-electron chi connectivity index (χ3n) is 5.09. The molecule has 0 bridgehead atoms. The molecule has 1 N–H and O–H groups in total. The van der Waals surface area contributed by atoms with Crippen LogP contribution in [-0.4, -0.2) is 36.3 Å². The van der Waals surface area contributed by atoms with Gasteiger partial charge in [0.05, 0.1) is 19.1 Å². The predicted molar refractivity (Wildman–Crippen MR) is 115 cm³/mol. The SMILES string of the molecule is CCCCCCCCCCCCCCCCSCC(C)(CO)C(=O)OC. The van der Waals surface area contributed by atoms with Crippen LogP contribution in [0.5, 0.6) is 0 Å². The van der Waals surface area contributed by atoms with Crippen molar-refractivity contribution in [3.8, 4) is 0 Å². The van der Waals surface area contributed by atoms with Crippen LogP contribution in [-0.2, 0) is 9.53 Å². The van der Waals surface area contributed by atoms with Crippen molar-refractivity contribution in [1.29, 1.82) is 0 Å². The number of hydrogen-bond donors (Lipinski definition) is 1. The Morgan fingerprint density at radius 2 is 1.27 bits per heavy atom. The molecule has 0 aliphatic heterocycles. The number of hydrogen-bond acceptors (Lipinski definition) is 4. The molecule has 0 aromatic carbocycles. The first-order chi connectivity index (χ1) is 12.6. The molecule has 156 valence electrons. The Hall–Kier alpha value is -0.220. The van der Waals surface area contributed by atoms with Gasteiger partial charge in [0, 0.05) is 5.75 Å². The Morgan fingerprint density at radius 1 is 0.846 bits per heavy atom. The van der Waals surface area contributed by atoms with Crippen molar-refractivity contribution in [2.75, 3.05) is 25.2 Å². The number of unbranched alkanes of at least 4 members (excludes halogenated alkanes) is 13. The average molecular weight is 389 g/mol. The van der Waals surface area contributed by atoms with Gasteiger partial charge >= 0.3 is 5.97 Å². The molecule has 1 atom stereocenters. The predicted octanol–water partition coefficient (Wildman–Crippen LogP) is 6.37. The number of aliphatic hydroxyl groups excluding tert-OH is 1. The van der Waals surface area contributed by atoms with Crippen LogP contribution in [0.1, 0.15) is 104 Å².